The molecular formula is C28H25N3O4. The second-order valence-corrected chi connectivity index (χ2v) is 8.66. The number of pyridine rings is 1. The highest BCUT2D eigenvalue weighted by atomic mass is 16.5. The molecule has 5 rings (SSSR count). The van der Waals surface area contributed by atoms with Crippen molar-refractivity contribution in [3.63, 3.8) is 0 Å². The summed E-state index contributed by atoms with van der Waals surface area (Å²) in [5.74, 6) is -0.864. The van der Waals surface area contributed by atoms with Crippen molar-refractivity contribution in [3.05, 3.63) is 87.7 Å². The van der Waals surface area contributed by atoms with Crippen molar-refractivity contribution in [1.82, 2.24) is 4.57 Å². The molecular weight excluding hydrogens is 442 g/mol. The van der Waals surface area contributed by atoms with Crippen LogP contribution in [0, 0.1) is 0 Å². The highest BCUT2D eigenvalue weighted by Gasteiger charge is 2.34. The van der Waals surface area contributed by atoms with E-state index in [9.17, 15) is 14.4 Å². The van der Waals surface area contributed by atoms with Gasteiger partial charge < -0.3 is 19.5 Å². The summed E-state index contributed by atoms with van der Waals surface area (Å²) >= 11 is 0. The van der Waals surface area contributed by atoms with Crippen LogP contribution in [-0.2, 0) is 11.8 Å². The van der Waals surface area contributed by atoms with Gasteiger partial charge in [0.25, 0.3) is 5.56 Å². The normalized spacial score (nSPS) is 11.8. The van der Waals surface area contributed by atoms with E-state index in [0.717, 1.165) is 11.4 Å². The minimum atomic E-state index is -0.697. The van der Waals surface area contributed by atoms with E-state index in [2.05, 4.69) is 5.32 Å². The number of ketones is 1. The van der Waals surface area contributed by atoms with Gasteiger partial charge in [-0.15, -0.1) is 0 Å². The number of fused-ring (bicyclic) bond motifs is 2. The fourth-order valence-corrected chi connectivity index (χ4v) is 4.67. The number of hydrogen-bond acceptors (Lipinski definition) is 6. The lowest BCUT2D eigenvalue weighted by molar-refractivity contribution is 0.0524. The highest BCUT2D eigenvalue weighted by Crippen LogP contribution is 2.43. The van der Waals surface area contributed by atoms with Gasteiger partial charge in [-0.3, -0.25) is 9.59 Å². The largest absolute Gasteiger partial charge is 0.462 e. The number of esters is 1. The lowest BCUT2D eigenvalue weighted by atomic mass is 9.81. The van der Waals surface area contributed by atoms with Crippen molar-refractivity contribution >= 4 is 39.7 Å². The average molecular weight is 468 g/mol. The van der Waals surface area contributed by atoms with Gasteiger partial charge in [-0.25, -0.2) is 4.79 Å². The van der Waals surface area contributed by atoms with Crippen LogP contribution in [0.5, 0.6) is 0 Å². The topological polar surface area (TPSA) is 80.6 Å². The lowest BCUT2D eigenvalue weighted by Gasteiger charge is -2.25. The molecule has 1 N–H and O–H groups in total. The number of aromatic nitrogens is 1. The second kappa shape index (κ2) is 8.43. The van der Waals surface area contributed by atoms with E-state index in [-0.39, 0.29) is 18.0 Å². The van der Waals surface area contributed by atoms with Crippen molar-refractivity contribution < 1.29 is 14.3 Å². The smallest absolute Gasteiger partial charge is 0.344 e. The second-order valence-electron chi connectivity index (χ2n) is 8.66. The molecule has 7 heteroatoms. The molecule has 4 aromatic rings. The summed E-state index contributed by atoms with van der Waals surface area (Å²) in [6.07, 6.45) is 0. The molecule has 1 heterocycles. The number of nitrogens with one attached hydrogen (secondary N) is 1. The molecule has 35 heavy (non-hydrogen) atoms. The summed E-state index contributed by atoms with van der Waals surface area (Å²) < 4.78 is 6.67. The van der Waals surface area contributed by atoms with Crippen molar-refractivity contribution in [2.24, 2.45) is 7.05 Å². The first kappa shape index (κ1) is 22.4. The van der Waals surface area contributed by atoms with Crippen molar-refractivity contribution in [1.29, 1.82) is 0 Å². The van der Waals surface area contributed by atoms with Gasteiger partial charge >= 0.3 is 5.97 Å². The Hall–Kier alpha value is -4.39. The van der Waals surface area contributed by atoms with Crippen molar-refractivity contribution in [2.75, 3.05) is 30.9 Å². The minimum Gasteiger partial charge on any atom is -0.462 e. The van der Waals surface area contributed by atoms with Gasteiger partial charge in [-0.2, -0.15) is 0 Å². The van der Waals surface area contributed by atoms with Gasteiger partial charge in [0.1, 0.15) is 5.56 Å². The maximum atomic E-state index is 13.8. The van der Waals surface area contributed by atoms with Crippen LogP contribution in [0.3, 0.4) is 0 Å². The molecule has 0 aliphatic heterocycles. The van der Waals surface area contributed by atoms with E-state index in [0.29, 0.717) is 38.8 Å². The van der Waals surface area contributed by atoms with E-state index in [4.69, 9.17) is 4.74 Å². The van der Waals surface area contributed by atoms with Crippen LogP contribution in [0.2, 0.25) is 0 Å². The zero-order chi connectivity index (χ0) is 24.9. The van der Waals surface area contributed by atoms with Crippen LogP contribution in [0.1, 0.15) is 33.2 Å². The van der Waals surface area contributed by atoms with Crippen LogP contribution < -0.4 is 15.8 Å². The molecule has 3 aromatic carbocycles. The first-order valence-electron chi connectivity index (χ1n) is 11.4. The zero-order valence-electron chi connectivity index (χ0n) is 20.0. The Morgan fingerprint density at radius 1 is 0.943 bits per heavy atom. The van der Waals surface area contributed by atoms with Gasteiger partial charge in [0.05, 0.1) is 23.4 Å². The third-order valence-electron chi connectivity index (χ3n) is 6.37. The number of carbonyl (C=O) groups is 2. The first-order valence-corrected chi connectivity index (χ1v) is 11.4. The van der Waals surface area contributed by atoms with Crippen LogP contribution in [0.25, 0.3) is 22.0 Å². The number of rotatable bonds is 5. The zero-order valence-corrected chi connectivity index (χ0v) is 20.0. The molecule has 0 fully saturated rings. The summed E-state index contributed by atoms with van der Waals surface area (Å²) in [6.45, 7) is 1.83. The Balaban J connectivity index is 1.82. The number of aryl methyl sites for hydroxylation is 1. The Labute approximate surface area is 202 Å². The van der Waals surface area contributed by atoms with Crippen LogP contribution in [-0.4, -0.2) is 37.0 Å². The number of nitrogens with zero attached hydrogens (tertiary/aromatic N) is 2. The third kappa shape index (κ3) is 3.47. The Kier molecular flexibility index (Phi) is 5.40. The number of anilines is 3. The van der Waals surface area contributed by atoms with Gasteiger partial charge in [-0.1, -0.05) is 24.3 Å². The minimum absolute atomic E-state index is 0.0597. The number of ether oxygens (including phenoxy) is 1. The molecule has 0 saturated heterocycles. The molecule has 1 aliphatic rings. The molecule has 0 saturated carbocycles. The van der Waals surface area contributed by atoms with Gasteiger partial charge in [0, 0.05) is 49.0 Å². The van der Waals surface area contributed by atoms with E-state index in [1.165, 1.54) is 4.57 Å². The van der Waals surface area contributed by atoms with E-state index in [1.54, 1.807) is 50.4 Å². The Morgan fingerprint density at radius 2 is 1.63 bits per heavy atom. The molecule has 176 valence electrons. The highest BCUT2D eigenvalue weighted by molar-refractivity contribution is 6.29. The third-order valence-corrected chi connectivity index (χ3v) is 6.37. The Morgan fingerprint density at radius 3 is 2.29 bits per heavy atom. The summed E-state index contributed by atoms with van der Waals surface area (Å²) in [7, 11) is 5.55. The maximum Gasteiger partial charge on any atom is 0.344 e. The number of benzene rings is 3. The summed E-state index contributed by atoms with van der Waals surface area (Å²) in [5, 5.41) is 3.93. The standard InChI is InChI=1S/C28H25N3O4/c1-5-35-28(34)25-22-18-8-6-7-9-19(18)26(32)23-20(14-15-21(24(22)23)31(4)27(25)33)29-16-10-12-17(13-11-16)30(2)3/h6-15,29H,5H2,1-4H3. The molecule has 7 nitrogen and oxygen atoms in total. The fraction of sp³-hybridized carbons (Fsp3) is 0.179. The molecule has 0 atom stereocenters. The van der Waals surface area contributed by atoms with Crippen molar-refractivity contribution in [3.8, 4) is 11.1 Å². The van der Waals surface area contributed by atoms with Crippen LogP contribution >= 0.6 is 0 Å². The van der Waals surface area contributed by atoms with Gasteiger partial charge in [0.15, 0.2) is 5.78 Å². The molecule has 0 amide bonds. The van der Waals surface area contributed by atoms with Crippen LogP contribution in [0.4, 0.5) is 17.1 Å². The molecule has 1 aromatic heterocycles. The predicted molar refractivity (Wildman–Crippen MR) is 138 cm³/mol. The molecule has 0 unspecified atom stereocenters. The van der Waals surface area contributed by atoms with Crippen molar-refractivity contribution in [2.45, 2.75) is 6.92 Å². The monoisotopic (exact) mass is 467 g/mol. The first-order chi connectivity index (χ1) is 16.8. The number of hydrogen-bond donors (Lipinski definition) is 1. The summed E-state index contributed by atoms with van der Waals surface area (Å²) in [6, 6.07) is 18.5. The fourth-order valence-electron chi connectivity index (χ4n) is 4.67. The molecule has 0 bridgehead atoms. The number of carbonyl (C=O) groups excluding carboxylic acids is 2. The van der Waals surface area contributed by atoms with E-state index >= 15 is 0 Å². The summed E-state index contributed by atoms with van der Waals surface area (Å²) in [4.78, 5) is 42.1. The quantitative estimate of drug-likeness (QED) is 0.376. The van der Waals surface area contributed by atoms with Crippen LogP contribution in [0.15, 0.2) is 65.5 Å². The van der Waals surface area contributed by atoms with E-state index in [1.807, 2.05) is 43.3 Å². The van der Waals surface area contributed by atoms with Gasteiger partial charge in [0.2, 0.25) is 0 Å². The molecule has 0 spiro atoms. The molecule has 0 radical (unpaired) electrons. The average Bonchev–Trinajstić information content (AvgIpc) is 2.85. The van der Waals surface area contributed by atoms with Gasteiger partial charge in [-0.05, 0) is 48.9 Å². The SMILES string of the molecule is CCOC(=O)c1c2c3c(c(Nc4ccc(N(C)C)cc4)ccc3n(C)c1=O)C(=O)c1ccccc1-2. The van der Waals surface area contributed by atoms with E-state index < -0.39 is 11.5 Å². The lowest BCUT2D eigenvalue weighted by Crippen LogP contribution is -2.29. The summed E-state index contributed by atoms with van der Waals surface area (Å²) in [5.41, 5.74) is 4.39. The Bertz CT molecular complexity index is 1570. The maximum absolute atomic E-state index is 13.8. The molecule has 1 aliphatic carbocycles. The predicted octanol–water partition coefficient (Wildman–Crippen LogP) is 4.74.